The van der Waals surface area contributed by atoms with Crippen LogP contribution in [0, 0.1) is 0 Å². The zero-order valence-corrected chi connectivity index (χ0v) is 19.1. The van der Waals surface area contributed by atoms with E-state index in [2.05, 4.69) is 9.97 Å². The van der Waals surface area contributed by atoms with Crippen molar-refractivity contribution in [1.82, 2.24) is 9.97 Å². The van der Waals surface area contributed by atoms with Gasteiger partial charge in [0.25, 0.3) is 10.0 Å². The Hall–Kier alpha value is -3.39. The molecule has 0 saturated heterocycles. The van der Waals surface area contributed by atoms with E-state index >= 15 is 0 Å². The number of hydrogen-bond donors (Lipinski definition) is 0. The van der Waals surface area contributed by atoms with Crippen LogP contribution in [0.3, 0.4) is 0 Å². The molecule has 0 amide bonds. The number of pyridine rings is 1. The monoisotopic (exact) mass is 533 g/mol. The van der Waals surface area contributed by atoms with E-state index in [0.717, 1.165) is 13.2 Å². The first kappa shape index (κ1) is 24.7. The van der Waals surface area contributed by atoms with E-state index in [-0.39, 0.29) is 4.90 Å². The lowest BCUT2D eigenvalue weighted by Crippen LogP contribution is -2.27. The molecule has 2 heterocycles. The summed E-state index contributed by atoms with van der Waals surface area (Å²) in [6.07, 6.45) is -6.73. The first-order valence-corrected chi connectivity index (χ1v) is 11.8. The molecule has 0 radical (unpaired) electrons. The second kappa shape index (κ2) is 8.68. The number of benzene rings is 2. The molecule has 0 aliphatic rings. The number of ether oxygens (including phenoxy) is 1. The fourth-order valence-corrected chi connectivity index (χ4v) is 5.73. The van der Waals surface area contributed by atoms with Gasteiger partial charge in [0.2, 0.25) is 5.13 Å². The summed E-state index contributed by atoms with van der Waals surface area (Å²) in [4.78, 5) is 7.01. The molecular weight excluding hydrogens is 520 g/mol. The third kappa shape index (κ3) is 4.75. The molecule has 0 N–H and O–H groups in total. The minimum Gasteiger partial charge on any atom is -0.495 e. The Kier molecular flexibility index (Phi) is 6.13. The highest BCUT2D eigenvalue weighted by atomic mass is 32.2. The molecule has 14 heteroatoms. The maximum atomic E-state index is 13.7. The first-order chi connectivity index (χ1) is 16.3. The van der Waals surface area contributed by atoms with Crippen LogP contribution < -0.4 is 9.04 Å². The van der Waals surface area contributed by atoms with Crippen molar-refractivity contribution in [2.75, 3.05) is 11.4 Å². The lowest BCUT2D eigenvalue weighted by atomic mass is 10.2. The molecule has 184 valence electrons. The van der Waals surface area contributed by atoms with Crippen molar-refractivity contribution < 1.29 is 39.5 Å². The normalized spacial score (nSPS) is 12.7. The van der Waals surface area contributed by atoms with E-state index in [0.29, 0.717) is 43.9 Å². The van der Waals surface area contributed by atoms with E-state index in [1.165, 1.54) is 36.7 Å². The van der Waals surface area contributed by atoms with Crippen LogP contribution in [0.2, 0.25) is 0 Å². The first-order valence-electron chi connectivity index (χ1n) is 9.49. The van der Waals surface area contributed by atoms with Crippen LogP contribution in [0.5, 0.6) is 5.75 Å². The summed E-state index contributed by atoms with van der Waals surface area (Å²) in [7, 11) is -3.67. The Bertz CT molecular complexity index is 1500. The van der Waals surface area contributed by atoms with Crippen molar-refractivity contribution >= 4 is 43.0 Å². The number of aromatic nitrogens is 2. The molecule has 2 aromatic heterocycles. The van der Waals surface area contributed by atoms with Gasteiger partial charge in [-0.1, -0.05) is 6.07 Å². The van der Waals surface area contributed by atoms with Crippen LogP contribution in [0.15, 0.2) is 65.1 Å². The minimum atomic E-state index is -4.87. The van der Waals surface area contributed by atoms with E-state index in [1.807, 2.05) is 0 Å². The number of rotatable bonds is 5. The van der Waals surface area contributed by atoms with Crippen LogP contribution in [0.1, 0.15) is 11.3 Å². The Morgan fingerprint density at radius 3 is 2.31 bits per heavy atom. The Balaban J connectivity index is 1.95. The molecule has 4 rings (SSSR count). The highest BCUT2D eigenvalue weighted by Crippen LogP contribution is 2.44. The third-order valence-electron chi connectivity index (χ3n) is 4.83. The predicted octanol–water partition coefficient (Wildman–Crippen LogP) is 6.26. The highest BCUT2D eigenvalue weighted by Gasteiger charge is 2.38. The molecule has 0 aliphatic heterocycles. The SMILES string of the molecule is COc1cc(C(F)(F)F)ccc1N(c1nc(C(F)(F)F)cs1)S(=O)(=O)c1ccc2cnccc2c1. The molecule has 0 aliphatic carbocycles. The Labute approximate surface area is 198 Å². The number of fused-ring (bicyclic) bond motifs is 1. The summed E-state index contributed by atoms with van der Waals surface area (Å²) in [6.45, 7) is 0. The quantitative estimate of drug-likeness (QED) is 0.283. The molecule has 35 heavy (non-hydrogen) atoms. The smallest absolute Gasteiger partial charge is 0.434 e. The minimum absolute atomic E-state index is 0.332. The fourth-order valence-electron chi connectivity index (χ4n) is 3.17. The van der Waals surface area contributed by atoms with Crippen LogP contribution in [-0.4, -0.2) is 25.5 Å². The van der Waals surface area contributed by atoms with Gasteiger partial charge in [-0.05, 0) is 41.8 Å². The second-order valence-electron chi connectivity index (χ2n) is 7.05. The van der Waals surface area contributed by atoms with Crippen molar-refractivity contribution in [3.63, 3.8) is 0 Å². The summed E-state index contributed by atoms with van der Waals surface area (Å²) in [6, 6.07) is 7.42. The number of nitrogens with zero attached hydrogens (tertiary/aromatic N) is 3. The van der Waals surface area contributed by atoms with Gasteiger partial charge in [0.1, 0.15) is 11.4 Å². The lowest BCUT2D eigenvalue weighted by Gasteiger charge is -2.24. The number of thiazole rings is 1. The molecule has 0 saturated carbocycles. The van der Waals surface area contributed by atoms with Gasteiger partial charge >= 0.3 is 12.4 Å². The highest BCUT2D eigenvalue weighted by molar-refractivity contribution is 7.93. The van der Waals surface area contributed by atoms with Crippen LogP contribution in [0.4, 0.5) is 37.2 Å². The molecule has 0 fully saturated rings. The predicted molar refractivity (Wildman–Crippen MR) is 116 cm³/mol. The summed E-state index contributed by atoms with van der Waals surface area (Å²) in [5.41, 5.74) is -2.93. The van der Waals surface area contributed by atoms with Crippen molar-refractivity contribution in [3.8, 4) is 5.75 Å². The molecule has 2 aromatic carbocycles. The number of sulfonamides is 1. The van der Waals surface area contributed by atoms with Gasteiger partial charge < -0.3 is 4.74 Å². The van der Waals surface area contributed by atoms with E-state index in [1.54, 1.807) is 0 Å². The second-order valence-corrected chi connectivity index (χ2v) is 9.67. The third-order valence-corrected chi connectivity index (χ3v) is 7.47. The zero-order chi connectivity index (χ0) is 25.6. The molecule has 6 nitrogen and oxygen atoms in total. The van der Waals surface area contributed by atoms with Crippen molar-refractivity contribution in [2.45, 2.75) is 17.2 Å². The van der Waals surface area contributed by atoms with Crippen molar-refractivity contribution in [1.29, 1.82) is 0 Å². The van der Waals surface area contributed by atoms with Crippen molar-refractivity contribution in [3.05, 3.63) is 71.5 Å². The largest absolute Gasteiger partial charge is 0.495 e. The van der Waals surface area contributed by atoms with Gasteiger partial charge in [0.15, 0.2) is 5.69 Å². The number of halogens is 6. The zero-order valence-electron chi connectivity index (χ0n) is 17.4. The molecule has 0 atom stereocenters. The molecule has 0 spiro atoms. The average molecular weight is 533 g/mol. The van der Waals surface area contributed by atoms with Crippen LogP contribution >= 0.6 is 11.3 Å². The number of methoxy groups -OCH3 is 1. The number of hydrogen-bond acceptors (Lipinski definition) is 6. The van der Waals surface area contributed by atoms with Gasteiger partial charge in [-0.25, -0.2) is 17.7 Å². The molecular formula is C21H13F6N3O3S2. The Morgan fingerprint density at radius 2 is 1.69 bits per heavy atom. The van der Waals surface area contributed by atoms with E-state index in [4.69, 9.17) is 4.74 Å². The molecule has 4 aromatic rings. The maximum absolute atomic E-state index is 13.7. The summed E-state index contributed by atoms with van der Waals surface area (Å²) < 4.78 is 112. The summed E-state index contributed by atoms with van der Waals surface area (Å²) in [5.74, 6) is -0.530. The lowest BCUT2D eigenvalue weighted by molar-refractivity contribution is -0.140. The fraction of sp³-hybridized carbons (Fsp3) is 0.143. The summed E-state index contributed by atoms with van der Waals surface area (Å²) in [5, 5.41) is 1.04. The van der Waals surface area contributed by atoms with Gasteiger partial charge in [0, 0.05) is 23.2 Å². The molecule has 0 bridgehead atoms. The van der Waals surface area contributed by atoms with Crippen LogP contribution in [0.25, 0.3) is 10.8 Å². The van der Waals surface area contributed by atoms with Gasteiger partial charge in [-0.15, -0.1) is 11.3 Å². The van der Waals surface area contributed by atoms with Gasteiger partial charge in [0.05, 0.1) is 17.6 Å². The topological polar surface area (TPSA) is 72.4 Å². The number of anilines is 2. The number of alkyl halides is 6. The van der Waals surface area contributed by atoms with Gasteiger partial charge in [-0.2, -0.15) is 26.3 Å². The standard InChI is InChI=1S/C21H13F6N3O3S2/c1-33-17-9-14(20(22,23)24)3-5-16(17)30(19-29-18(11-34-19)21(25,26)27)35(31,32)15-4-2-13-10-28-7-6-12(13)8-15/h2-11H,1H3. The van der Waals surface area contributed by atoms with Crippen molar-refractivity contribution in [2.24, 2.45) is 0 Å². The maximum Gasteiger partial charge on any atom is 0.434 e. The van der Waals surface area contributed by atoms with E-state index < -0.39 is 50.2 Å². The van der Waals surface area contributed by atoms with E-state index in [9.17, 15) is 34.8 Å². The van der Waals surface area contributed by atoms with Gasteiger partial charge in [-0.3, -0.25) is 4.98 Å². The van der Waals surface area contributed by atoms with Crippen LogP contribution in [-0.2, 0) is 22.4 Å². The summed E-state index contributed by atoms with van der Waals surface area (Å²) >= 11 is 0.361. The molecule has 0 unspecified atom stereocenters. The average Bonchev–Trinajstić information content (AvgIpc) is 3.28. The Morgan fingerprint density at radius 1 is 0.943 bits per heavy atom.